The summed E-state index contributed by atoms with van der Waals surface area (Å²) in [6.07, 6.45) is 1.71. The number of thiocarbonyl (C=S) groups is 1. The standard InChI is InChI=1S/C11H11ClN4S/c1-16-10(4-5-14-16)15-9-3-2-7(11(13)17)6-8(9)12/h2-6,15H,1H3,(H2,13,17). The fourth-order valence-electron chi connectivity index (χ4n) is 1.40. The first-order chi connectivity index (χ1) is 8.08. The highest BCUT2D eigenvalue weighted by molar-refractivity contribution is 7.80. The number of hydrogen-bond acceptors (Lipinski definition) is 3. The number of nitrogens with one attached hydrogen (secondary N) is 1. The molecular formula is C11H11ClN4S. The minimum absolute atomic E-state index is 0.332. The van der Waals surface area contributed by atoms with E-state index in [0.717, 1.165) is 17.1 Å². The van der Waals surface area contributed by atoms with Crippen LogP contribution in [0, 0.1) is 0 Å². The van der Waals surface area contributed by atoms with Gasteiger partial charge in [0.2, 0.25) is 0 Å². The quantitative estimate of drug-likeness (QED) is 0.838. The van der Waals surface area contributed by atoms with Gasteiger partial charge in [0.05, 0.1) is 16.9 Å². The van der Waals surface area contributed by atoms with Gasteiger partial charge in [-0.05, 0) is 18.2 Å². The van der Waals surface area contributed by atoms with Crippen molar-refractivity contribution in [1.29, 1.82) is 0 Å². The fourth-order valence-corrected chi connectivity index (χ4v) is 1.76. The molecule has 0 fully saturated rings. The van der Waals surface area contributed by atoms with E-state index in [0.29, 0.717) is 10.0 Å². The van der Waals surface area contributed by atoms with Crippen molar-refractivity contribution in [3.05, 3.63) is 41.0 Å². The van der Waals surface area contributed by atoms with Gasteiger partial charge in [-0.1, -0.05) is 23.8 Å². The van der Waals surface area contributed by atoms with Crippen LogP contribution >= 0.6 is 23.8 Å². The van der Waals surface area contributed by atoms with Crippen LogP contribution in [0.2, 0.25) is 5.02 Å². The topological polar surface area (TPSA) is 55.9 Å². The molecule has 1 heterocycles. The molecule has 0 saturated carbocycles. The van der Waals surface area contributed by atoms with Crippen LogP contribution in [-0.4, -0.2) is 14.8 Å². The maximum absolute atomic E-state index is 6.14. The summed E-state index contributed by atoms with van der Waals surface area (Å²) in [5.41, 5.74) is 7.07. The molecule has 0 aliphatic rings. The summed E-state index contributed by atoms with van der Waals surface area (Å²) >= 11 is 11.0. The zero-order chi connectivity index (χ0) is 12.4. The van der Waals surface area contributed by atoms with Crippen LogP contribution in [0.1, 0.15) is 5.56 Å². The van der Waals surface area contributed by atoms with E-state index in [4.69, 9.17) is 29.6 Å². The molecule has 0 saturated heterocycles. The predicted molar refractivity (Wildman–Crippen MR) is 73.8 cm³/mol. The van der Waals surface area contributed by atoms with E-state index in [1.54, 1.807) is 16.9 Å². The van der Waals surface area contributed by atoms with E-state index in [2.05, 4.69) is 10.4 Å². The maximum Gasteiger partial charge on any atom is 0.128 e. The van der Waals surface area contributed by atoms with Crippen LogP contribution < -0.4 is 11.1 Å². The lowest BCUT2D eigenvalue weighted by Crippen LogP contribution is -2.09. The number of aromatic nitrogens is 2. The van der Waals surface area contributed by atoms with Gasteiger partial charge in [-0.2, -0.15) is 5.10 Å². The Morgan fingerprint density at radius 2 is 2.24 bits per heavy atom. The number of halogens is 1. The third-order valence-electron chi connectivity index (χ3n) is 2.34. The molecule has 0 bridgehead atoms. The van der Waals surface area contributed by atoms with Crippen molar-refractivity contribution in [3.63, 3.8) is 0 Å². The summed E-state index contributed by atoms with van der Waals surface area (Å²) in [6.45, 7) is 0. The van der Waals surface area contributed by atoms with Gasteiger partial charge in [0, 0.05) is 18.7 Å². The monoisotopic (exact) mass is 266 g/mol. The van der Waals surface area contributed by atoms with Crippen molar-refractivity contribution < 1.29 is 0 Å². The molecule has 0 unspecified atom stereocenters. The van der Waals surface area contributed by atoms with E-state index in [-0.39, 0.29) is 0 Å². The Balaban J connectivity index is 2.29. The van der Waals surface area contributed by atoms with Crippen molar-refractivity contribution in [3.8, 4) is 0 Å². The van der Waals surface area contributed by atoms with Crippen molar-refractivity contribution in [1.82, 2.24) is 9.78 Å². The smallest absolute Gasteiger partial charge is 0.128 e. The Bertz CT molecular complexity index is 564. The van der Waals surface area contributed by atoms with Gasteiger partial charge in [0.15, 0.2) is 0 Å². The van der Waals surface area contributed by atoms with Gasteiger partial charge in [0.1, 0.15) is 10.8 Å². The SMILES string of the molecule is Cn1nccc1Nc1ccc(C(N)=S)cc1Cl. The molecule has 0 aliphatic heterocycles. The third-order valence-corrected chi connectivity index (χ3v) is 2.89. The Morgan fingerprint density at radius 3 is 2.76 bits per heavy atom. The molecule has 3 N–H and O–H groups in total. The molecule has 2 aromatic rings. The number of nitrogens with two attached hydrogens (primary N) is 1. The van der Waals surface area contributed by atoms with Crippen LogP contribution in [0.15, 0.2) is 30.5 Å². The van der Waals surface area contributed by atoms with Gasteiger partial charge in [-0.15, -0.1) is 0 Å². The Hall–Kier alpha value is -1.59. The Kier molecular flexibility index (Phi) is 3.31. The van der Waals surface area contributed by atoms with Crippen molar-refractivity contribution >= 4 is 40.3 Å². The predicted octanol–water partition coefficient (Wildman–Crippen LogP) is 2.45. The molecule has 0 atom stereocenters. The lowest BCUT2D eigenvalue weighted by molar-refractivity contribution is 0.777. The van der Waals surface area contributed by atoms with Crippen LogP contribution in [-0.2, 0) is 7.05 Å². The van der Waals surface area contributed by atoms with Gasteiger partial charge in [-0.25, -0.2) is 0 Å². The second-order valence-electron chi connectivity index (χ2n) is 3.52. The summed E-state index contributed by atoms with van der Waals surface area (Å²) in [5, 5.41) is 7.80. The van der Waals surface area contributed by atoms with E-state index >= 15 is 0 Å². The molecule has 0 aliphatic carbocycles. The second-order valence-corrected chi connectivity index (χ2v) is 4.37. The van der Waals surface area contributed by atoms with Gasteiger partial charge >= 0.3 is 0 Å². The number of nitrogens with zero attached hydrogens (tertiary/aromatic N) is 2. The van der Waals surface area contributed by atoms with E-state index < -0.39 is 0 Å². The fraction of sp³-hybridized carbons (Fsp3) is 0.0909. The van der Waals surface area contributed by atoms with Crippen LogP contribution in [0.5, 0.6) is 0 Å². The van der Waals surface area contributed by atoms with Crippen molar-refractivity contribution in [2.24, 2.45) is 12.8 Å². The minimum atomic E-state index is 0.332. The molecule has 17 heavy (non-hydrogen) atoms. The molecule has 2 rings (SSSR count). The normalized spacial score (nSPS) is 10.2. The average molecular weight is 267 g/mol. The zero-order valence-electron chi connectivity index (χ0n) is 9.14. The molecule has 1 aromatic heterocycles. The molecule has 0 radical (unpaired) electrons. The summed E-state index contributed by atoms with van der Waals surface area (Å²) in [6, 6.07) is 7.26. The van der Waals surface area contributed by atoms with Gasteiger partial charge in [0.25, 0.3) is 0 Å². The molecule has 1 aromatic carbocycles. The van der Waals surface area contributed by atoms with Crippen LogP contribution in [0.4, 0.5) is 11.5 Å². The van der Waals surface area contributed by atoms with Crippen molar-refractivity contribution in [2.75, 3.05) is 5.32 Å². The molecule has 4 nitrogen and oxygen atoms in total. The molecule has 88 valence electrons. The molecule has 6 heteroatoms. The summed E-state index contributed by atoms with van der Waals surface area (Å²) < 4.78 is 1.72. The highest BCUT2D eigenvalue weighted by atomic mass is 35.5. The first-order valence-corrected chi connectivity index (χ1v) is 5.71. The second kappa shape index (κ2) is 4.73. The summed E-state index contributed by atoms with van der Waals surface area (Å²) in [7, 11) is 1.85. The number of benzene rings is 1. The van der Waals surface area contributed by atoms with E-state index in [9.17, 15) is 0 Å². The Labute approximate surface area is 109 Å². The minimum Gasteiger partial charge on any atom is -0.389 e. The highest BCUT2D eigenvalue weighted by Crippen LogP contribution is 2.26. The van der Waals surface area contributed by atoms with Crippen LogP contribution in [0.25, 0.3) is 0 Å². The highest BCUT2D eigenvalue weighted by Gasteiger charge is 2.05. The molecule has 0 amide bonds. The third kappa shape index (κ3) is 2.57. The van der Waals surface area contributed by atoms with E-state index in [1.165, 1.54) is 0 Å². The number of rotatable bonds is 3. The summed E-state index contributed by atoms with van der Waals surface area (Å²) in [4.78, 5) is 0.332. The van der Waals surface area contributed by atoms with Gasteiger partial charge in [-0.3, -0.25) is 4.68 Å². The van der Waals surface area contributed by atoms with Crippen LogP contribution in [0.3, 0.4) is 0 Å². The lowest BCUT2D eigenvalue weighted by Gasteiger charge is -2.09. The first kappa shape index (κ1) is 11.9. The van der Waals surface area contributed by atoms with Gasteiger partial charge < -0.3 is 11.1 Å². The largest absolute Gasteiger partial charge is 0.389 e. The molecule has 0 spiro atoms. The number of aryl methyl sites for hydroxylation is 1. The Morgan fingerprint density at radius 1 is 1.47 bits per heavy atom. The van der Waals surface area contributed by atoms with E-state index in [1.807, 2.05) is 25.2 Å². The lowest BCUT2D eigenvalue weighted by atomic mass is 10.2. The maximum atomic E-state index is 6.14. The number of hydrogen-bond donors (Lipinski definition) is 2. The number of anilines is 2. The average Bonchev–Trinajstić information content (AvgIpc) is 2.67. The van der Waals surface area contributed by atoms with Crippen molar-refractivity contribution in [2.45, 2.75) is 0 Å². The summed E-state index contributed by atoms with van der Waals surface area (Å²) in [5.74, 6) is 0.856. The molecular weight excluding hydrogens is 256 g/mol. The zero-order valence-corrected chi connectivity index (χ0v) is 10.7. The first-order valence-electron chi connectivity index (χ1n) is 4.92.